The highest BCUT2D eigenvalue weighted by atomic mass is 32.1. The quantitative estimate of drug-likeness (QED) is 0.382. The van der Waals surface area contributed by atoms with Crippen LogP contribution in [-0.4, -0.2) is 40.6 Å². The lowest BCUT2D eigenvalue weighted by molar-refractivity contribution is -0.132. The minimum Gasteiger partial charge on any atom is -0.476 e. The predicted octanol–water partition coefficient (Wildman–Crippen LogP) is 4.50. The molecule has 4 rings (SSSR count). The number of aliphatic carboxylic acids is 1. The first-order valence-electron chi connectivity index (χ1n) is 10.3. The van der Waals surface area contributed by atoms with E-state index in [9.17, 15) is 14.7 Å². The summed E-state index contributed by atoms with van der Waals surface area (Å²) in [6.07, 6.45) is 0.458. The van der Waals surface area contributed by atoms with Crippen LogP contribution < -0.4 is 10.2 Å². The van der Waals surface area contributed by atoms with Crippen LogP contribution in [0.15, 0.2) is 76.2 Å². The molecule has 1 atom stereocenters. The molecule has 9 nitrogen and oxygen atoms in total. The highest BCUT2D eigenvalue weighted by Crippen LogP contribution is 2.33. The number of ether oxygens (including phenoxy) is 1. The van der Waals surface area contributed by atoms with Crippen LogP contribution in [0, 0.1) is 0 Å². The van der Waals surface area contributed by atoms with E-state index >= 15 is 0 Å². The molecule has 2 N–H and O–H groups in total. The van der Waals surface area contributed by atoms with E-state index in [0.717, 1.165) is 11.3 Å². The summed E-state index contributed by atoms with van der Waals surface area (Å²) < 4.78 is 5.94. The molecule has 1 fully saturated rings. The van der Waals surface area contributed by atoms with E-state index in [4.69, 9.17) is 4.74 Å². The monoisotopic (exact) mass is 478 g/mol. The van der Waals surface area contributed by atoms with E-state index < -0.39 is 5.97 Å². The van der Waals surface area contributed by atoms with E-state index in [1.807, 2.05) is 54.6 Å². The Bertz CT molecular complexity index is 1260. The maximum atomic E-state index is 12.3. The number of carbonyl (C=O) groups excluding carboxylic acids is 1. The van der Waals surface area contributed by atoms with Crippen molar-refractivity contribution in [3.8, 4) is 11.5 Å². The van der Waals surface area contributed by atoms with Crippen LogP contribution in [0.4, 0.5) is 5.00 Å². The number of para-hydroxylation sites is 1. The molecule has 0 saturated carbocycles. The Morgan fingerprint density at radius 1 is 1.12 bits per heavy atom. The van der Waals surface area contributed by atoms with Crippen molar-refractivity contribution >= 4 is 39.8 Å². The van der Waals surface area contributed by atoms with Crippen molar-refractivity contribution in [3.63, 3.8) is 0 Å². The molecule has 174 valence electrons. The minimum atomic E-state index is -1.20. The van der Waals surface area contributed by atoms with Gasteiger partial charge in [-0.2, -0.15) is 0 Å². The predicted molar refractivity (Wildman–Crippen MR) is 129 cm³/mol. The van der Waals surface area contributed by atoms with Crippen LogP contribution in [0.1, 0.15) is 30.5 Å². The first kappa shape index (κ1) is 23.0. The van der Waals surface area contributed by atoms with Crippen molar-refractivity contribution in [3.05, 3.63) is 77.2 Å². The number of carboxylic acids is 1. The smallest absolute Gasteiger partial charge is 0.358 e. The molecule has 2 heterocycles. The van der Waals surface area contributed by atoms with E-state index in [0.29, 0.717) is 28.6 Å². The number of hydrogen-bond donors (Lipinski definition) is 2. The number of oxime groups is 1. The van der Waals surface area contributed by atoms with Gasteiger partial charge in [0.2, 0.25) is 5.91 Å². The second kappa shape index (κ2) is 10.2. The lowest BCUT2D eigenvalue weighted by atomic mass is 10.0. The van der Waals surface area contributed by atoms with Gasteiger partial charge in [0.05, 0.1) is 6.04 Å². The fraction of sp³-hybridized carbons (Fsp3) is 0.167. The second-order valence-corrected chi connectivity index (χ2v) is 8.26. The second-order valence-electron chi connectivity index (χ2n) is 7.37. The number of amides is 1. The van der Waals surface area contributed by atoms with E-state index in [2.05, 4.69) is 20.4 Å². The number of carbonyl (C=O) groups is 2. The van der Waals surface area contributed by atoms with Gasteiger partial charge in [0, 0.05) is 24.3 Å². The van der Waals surface area contributed by atoms with Crippen molar-refractivity contribution in [1.82, 2.24) is 10.4 Å². The van der Waals surface area contributed by atoms with Gasteiger partial charge in [0.1, 0.15) is 29.4 Å². The van der Waals surface area contributed by atoms with Crippen molar-refractivity contribution in [2.45, 2.75) is 19.4 Å². The Morgan fingerprint density at radius 3 is 2.59 bits per heavy atom. The molecular weight excluding hydrogens is 456 g/mol. The molecule has 3 aromatic rings. The number of amidine groups is 1. The molecule has 34 heavy (non-hydrogen) atoms. The Kier molecular flexibility index (Phi) is 6.88. The highest BCUT2D eigenvalue weighted by Gasteiger charge is 2.32. The number of benzene rings is 2. The SMILES string of the molecule is CO/N=C(/C(=O)O)c1csc(/N=C2/C[C@@H](c3cccc(Oc4ccccc4)c3)N(C(C)=O)N2)c1. The summed E-state index contributed by atoms with van der Waals surface area (Å²) in [5, 5.41) is 16.6. The summed E-state index contributed by atoms with van der Waals surface area (Å²) in [5.74, 6) is 0.624. The zero-order valence-corrected chi connectivity index (χ0v) is 19.3. The molecule has 1 amide bonds. The van der Waals surface area contributed by atoms with Gasteiger partial charge in [-0.1, -0.05) is 35.5 Å². The summed E-state index contributed by atoms with van der Waals surface area (Å²) in [6, 6.07) is 18.4. The lowest BCUT2D eigenvalue weighted by Crippen LogP contribution is -2.38. The topological polar surface area (TPSA) is 113 Å². The fourth-order valence-corrected chi connectivity index (χ4v) is 4.32. The number of aliphatic imine (C=N–C) groups is 1. The molecule has 1 aromatic heterocycles. The molecule has 10 heteroatoms. The molecule has 2 aromatic carbocycles. The van der Waals surface area contributed by atoms with Gasteiger partial charge in [-0.15, -0.1) is 11.3 Å². The summed E-state index contributed by atoms with van der Waals surface area (Å²) >= 11 is 1.27. The number of thiophene rings is 1. The maximum absolute atomic E-state index is 12.3. The standard InChI is InChI=1S/C24H22N4O5S/c1-15(29)28-20(16-7-6-10-19(11-16)33-18-8-4-3-5-9-18)13-21(26-28)25-22-12-17(14-34-22)23(24(30)31)27-32-2/h3-12,14,20H,13H2,1-2H3,(H,25,26)(H,30,31)/b27-23+/t20-/m0/s1. The minimum absolute atomic E-state index is 0.156. The largest absolute Gasteiger partial charge is 0.476 e. The van der Waals surface area contributed by atoms with Crippen molar-refractivity contribution in [1.29, 1.82) is 0 Å². The average molecular weight is 479 g/mol. The number of nitrogens with one attached hydrogen (secondary N) is 1. The van der Waals surface area contributed by atoms with Gasteiger partial charge >= 0.3 is 5.97 Å². The number of hydrazine groups is 1. The van der Waals surface area contributed by atoms with E-state index in [1.54, 1.807) is 11.4 Å². The van der Waals surface area contributed by atoms with Gasteiger partial charge < -0.3 is 14.7 Å². The third kappa shape index (κ3) is 5.24. The molecule has 1 aliphatic heterocycles. The average Bonchev–Trinajstić information content (AvgIpc) is 3.46. The maximum Gasteiger partial charge on any atom is 0.358 e. The molecule has 1 aliphatic rings. The van der Waals surface area contributed by atoms with Crippen molar-refractivity contribution in [2.75, 3.05) is 7.11 Å². The third-order valence-corrected chi connectivity index (χ3v) is 5.82. The fourth-order valence-electron chi connectivity index (χ4n) is 3.53. The molecule has 0 aliphatic carbocycles. The van der Waals surface area contributed by atoms with Crippen LogP contribution in [-0.2, 0) is 14.4 Å². The van der Waals surface area contributed by atoms with Crippen LogP contribution >= 0.6 is 11.3 Å². The van der Waals surface area contributed by atoms with Crippen LogP contribution in [0.2, 0.25) is 0 Å². The first-order chi connectivity index (χ1) is 16.4. The third-order valence-electron chi connectivity index (χ3n) is 5.00. The highest BCUT2D eigenvalue weighted by molar-refractivity contribution is 7.14. The summed E-state index contributed by atoms with van der Waals surface area (Å²) in [4.78, 5) is 32.9. The van der Waals surface area contributed by atoms with Crippen LogP contribution in [0.3, 0.4) is 0 Å². The zero-order valence-electron chi connectivity index (χ0n) is 18.5. The molecule has 1 saturated heterocycles. The van der Waals surface area contributed by atoms with Crippen LogP contribution in [0.5, 0.6) is 11.5 Å². The van der Waals surface area contributed by atoms with E-state index in [-0.39, 0.29) is 17.7 Å². The summed E-state index contributed by atoms with van der Waals surface area (Å²) in [7, 11) is 1.29. The Morgan fingerprint density at radius 2 is 1.88 bits per heavy atom. The summed E-state index contributed by atoms with van der Waals surface area (Å²) in [5.41, 5.74) is 4.15. The van der Waals surface area contributed by atoms with Gasteiger partial charge in [-0.3, -0.25) is 10.2 Å². The number of rotatable bonds is 7. The van der Waals surface area contributed by atoms with Gasteiger partial charge in [0.15, 0.2) is 5.71 Å². The molecule has 0 spiro atoms. The van der Waals surface area contributed by atoms with Gasteiger partial charge in [-0.25, -0.2) is 14.8 Å². The Hall–Kier alpha value is -4.18. The van der Waals surface area contributed by atoms with Gasteiger partial charge in [-0.05, 0) is 35.9 Å². The Balaban J connectivity index is 1.56. The first-order valence-corrected chi connectivity index (χ1v) is 11.2. The normalized spacial score (nSPS) is 16.9. The van der Waals surface area contributed by atoms with Crippen molar-refractivity contribution < 1.29 is 24.3 Å². The molecular formula is C24H22N4O5S. The zero-order chi connectivity index (χ0) is 24.1. The number of carboxylic acid groups (broad SMARTS) is 1. The van der Waals surface area contributed by atoms with Gasteiger partial charge in [0.25, 0.3) is 0 Å². The van der Waals surface area contributed by atoms with Crippen molar-refractivity contribution in [2.24, 2.45) is 10.1 Å². The van der Waals surface area contributed by atoms with Crippen LogP contribution in [0.25, 0.3) is 0 Å². The molecule has 0 bridgehead atoms. The molecule has 0 radical (unpaired) electrons. The lowest BCUT2D eigenvalue weighted by Gasteiger charge is -2.22. The van der Waals surface area contributed by atoms with E-state index in [1.165, 1.54) is 30.4 Å². The molecule has 0 unspecified atom stereocenters. The summed E-state index contributed by atoms with van der Waals surface area (Å²) in [6.45, 7) is 1.48. The number of hydrogen-bond acceptors (Lipinski definition) is 7. The Labute approximate surface area is 199 Å². The number of nitrogens with zero attached hydrogens (tertiary/aromatic N) is 3.